The number of piperazine rings is 1. The largest absolute Gasteiger partial charge is 0.491 e. The van der Waals surface area contributed by atoms with Crippen LogP contribution in [0.1, 0.15) is 10.4 Å². The van der Waals surface area contributed by atoms with E-state index < -0.39 is 0 Å². The summed E-state index contributed by atoms with van der Waals surface area (Å²) in [7, 11) is 5.57. The van der Waals surface area contributed by atoms with Gasteiger partial charge in [0.1, 0.15) is 18.9 Å². The Morgan fingerprint density at radius 1 is 1.24 bits per heavy atom. The lowest BCUT2D eigenvalue weighted by atomic mass is 10.1. The summed E-state index contributed by atoms with van der Waals surface area (Å²) in [6.07, 6.45) is 0. The van der Waals surface area contributed by atoms with E-state index in [1.165, 1.54) is 0 Å². The van der Waals surface area contributed by atoms with Crippen LogP contribution in [0.5, 0.6) is 5.75 Å². The van der Waals surface area contributed by atoms with Gasteiger partial charge >= 0.3 is 0 Å². The van der Waals surface area contributed by atoms with Crippen molar-refractivity contribution >= 4 is 11.8 Å². The second-order valence-corrected chi connectivity index (χ2v) is 6.28. The topological polar surface area (TPSA) is 62.3 Å². The first-order valence-electron chi connectivity index (χ1n) is 8.45. The van der Waals surface area contributed by atoms with Crippen molar-refractivity contribution in [2.75, 3.05) is 67.1 Å². The molecule has 2 rings (SSSR count). The van der Waals surface area contributed by atoms with Crippen molar-refractivity contribution in [1.82, 2.24) is 14.7 Å². The monoisotopic (exact) mass is 349 g/mol. The second kappa shape index (κ2) is 9.39. The summed E-state index contributed by atoms with van der Waals surface area (Å²) in [5.74, 6) is 0.477. The molecule has 7 heteroatoms. The maximum atomic E-state index is 12.7. The number of carbonyl (C=O) groups is 2. The maximum absolute atomic E-state index is 12.7. The van der Waals surface area contributed by atoms with E-state index >= 15 is 0 Å². The van der Waals surface area contributed by atoms with Crippen LogP contribution < -0.4 is 4.74 Å². The summed E-state index contributed by atoms with van der Waals surface area (Å²) in [6.45, 7) is 3.67. The summed E-state index contributed by atoms with van der Waals surface area (Å²) >= 11 is 0. The number of carbonyl (C=O) groups excluding carboxylic acids is 2. The van der Waals surface area contributed by atoms with Gasteiger partial charge in [-0.25, -0.2) is 0 Å². The van der Waals surface area contributed by atoms with Gasteiger partial charge < -0.3 is 24.2 Å². The van der Waals surface area contributed by atoms with Gasteiger partial charge in [-0.15, -0.1) is 0 Å². The molecule has 0 aromatic heterocycles. The third-order valence-electron chi connectivity index (χ3n) is 4.06. The summed E-state index contributed by atoms with van der Waals surface area (Å²) in [5.41, 5.74) is 0.532. The highest BCUT2D eigenvalue weighted by Gasteiger charge is 2.27. The van der Waals surface area contributed by atoms with Crippen molar-refractivity contribution in [2.45, 2.75) is 0 Å². The number of likely N-dealkylation sites (N-methyl/N-ethyl adjacent to an activating group) is 1. The number of methoxy groups -OCH3 is 1. The van der Waals surface area contributed by atoms with Crippen LogP contribution in [0, 0.1) is 0 Å². The zero-order valence-corrected chi connectivity index (χ0v) is 15.2. The number of benzene rings is 1. The lowest BCUT2D eigenvalue weighted by molar-refractivity contribution is -0.135. The average molecular weight is 349 g/mol. The minimum atomic E-state index is -0.141. The second-order valence-electron chi connectivity index (χ2n) is 6.28. The quantitative estimate of drug-likeness (QED) is 0.642. The predicted molar refractivity (Wildman–Crippen MR) is 94.9 cm³/mol. The Labute approximate surface area is 149 Å². The van der Waals surface area contributed by atoms with Crippen molar-refractivity contribution in [3.63, 3.8) is 0 Å². The molecule has 1 fully saturated rings. The average Bonchev–Trinajstić information content (AvgIpc) is 2.60. The first kappa shape index (κ1) is 19.2. The van der Waals surface area contributed by atoms with Gasteiger partial charge in [0.05, 0.1) is 6.61 Å². The van der Waals surface area contributed by atoms with Gasteiger partial charge in [-0.3, -0.25) is 9.59 Å². The normalized spacial score (nSPS) is 15.0. The van der Waals surface area contributed by atoms with Crippen LogP contribution in [-0.4, -0.2) is 93.7 Å². The third kappa shape index (κ3) is 5.72. The highest BCUT2D eigenvalue weighted by molar-refractivity contribution is 5.97. The molecule has 25 heavy (non-hydrogen) atoms. The summed E-state index contributed by atoms with van der Waals surface area (Å²) in [6, 6.07) is 7.04. The van der Waals surface area contributed by atoms with E-state index in [9.17, 15) is 9.59 Å². The van der Waals surface area contributed by atoms with Gasteiger partial charge in [-0.1, -0.05) is 6.07 Å². The van der Waals surface area contributed by atoms with Crippen molar-refractivity contribution in [1.29, 1.82) is 0 Å². The Morgan fingerprint density at radius 2 is 2.04 bits per heavy atom. The van der Waals surface area contributed by atoms with E-state index in [2.05, 4.69) is 0 Å². The van der Waals surface area contributed by atoms with Gasteiger partial charge in [0.15, 0.2) is 0 Å². The zero-order valence-electron chi connectivity index (χ0n) is 15.2. The highest BCUT2D eigenvalue weighted by Crippen LogP contribution is 2.16. The molecule has 2 amide bonds. The fraction of sp³-hybridized carbons (Fsp3) is 0.556. The minimum Gasteiger partial charge on any atom is -0.491 e. The minimum absolute atomic E-state index is 0.00560. The van der Waals surface area contributed by atoms with Gasteiger partial charge in [0.2, 0.25) is 5.91 Å². The lowest BCUT2D eigenvalue weighted by Crippen LogP contribution is -2.53. The van der Waals surface area contributed by atoms with E-state index in [-0.39, 0.29) is 18.4 Å². The number of ether oxygens (including phenoxy) is 2. The molecule has 138 valence electrons. The van der Waals surface area contributed by atoms with E-state index in [0.29, 0.717) is 44.2 Å². The Morgan fingerprint density at radius 3 is 2.72 bits per heavy atom. The molecule has 7 nitrogen and oxygen atoms in total. The number of rotatable bonds is 8. The molecular formula is C18H27N3O4. The van der Waals surface area contributed by atoms with Gasteiger partial charge in [-0.2, -0.15) is 0 Å². The molecule has 0 atom stereocenters. The zero-order chi connectivity index (χ0) is 18.2. The van der Waals surface area contributed by atoms with E-state index in [1.807, 2.05) is 23.9 Å². The first-order valence-corrected chi connectivity index (χ1v) is 8.45. The molecular weight excluding hydrogens is 322 g/mol. The number of hydrogen-bond acceptors (Lipinski definition) is 5. The Hall–Kier alpha value is -2.12. The SMILES string of the molecule is COCCOc1cccc(C(=O)N2CCN(CCN(C)C)C(=O)C2)c1. The fourth-order valence-electron chi connectivity index (χ4n) is 2.58. The summed E-state index contributed by atoms with van der Waals surface area (Å²) < 4.78 is 10.5. The molecule has 0 bridgehead atoms. The third-order valence-corrected chi connectivity index (χ3v) is 4.06. The van der Waals surface area contributed by atoms with Crippen molar-refractivity contribution in [2.24, 2.45) is 0 Å². The van der Waals surface area contributed by atoms with Crippen molar-refractivity contribution < 1.29 is 19.1 Å². The van der Waals surface area contributed by atoms with Crippen LogP contribution in [0.4, 0.5) is 0 Å². The fourth-order valence-corrected chi connectivity index (χ4v) is 2.58. The summed E-state index contributed by atoms with van der Waals surface area (Å²) in [5, 5.41) is 0. The van der Waals surface area contributed by atoms with Gasteiger partial charge in [0.25, 0.3) is 5.91 Å². The smallest absolute Gasteiger partial charge is 0.254 e. The molecule has 0 saturated carbocycles. The number of hydrogen-bond donors (Lipinski definition) is 0. The van der Waals surface area contributed by atoms with Crippen LogP contribution in [-0.2, 0) is 9.53 Å². The summed E-state index contributed by atoms with van der Waals surface area (Å²) in [4.78, 5) is 30.4. The molecule has 0 unspecified atom stereocenters. The molecule has 1 heterocycles. The van der Waals surface area contributed by atoms with Crippen molar-refractivity contribution in [3.05, 3.63) is 29.8 Å². The molecule has 1 aromatic rings. The van der Waals surface area contributed by atoms with Crippen molar-refractivity contribution in [3.8, 4) is 5.75 Å². The Bertz CT molecular complexity index is 591. The van der Waals surface area contributed by atoms with Crippen LogP contribution in [0.3, 0.4) is 0 Å². The molecule has 1 aliphatic heterocycles. The van der Waals surface area contributed by atoms with Crippen LogP contribution in [0.15, 0.2) is 24.3 Å². The molecule has 1 aliphatic rings. The first-order chi connectivity index (χ1) is 12.0. The molecule has 0 N–H and O–H groups in total. The lowest BCUT2D eigenvalue weighted by Gasteiger charge is -2.35. The number of nitrogens with zero attached hydrogens (tertiary/aromatic N) is 3. The Kier molecular flexibility index (Phi) is 7.21. The van der Waals surface area contributed by atoms with E-state index in [4.69, 9.17) is 9.47 Å². The molecule has 1 saturated heterocycles. The van der Waals surface area contributed by atoms with E-state index in [1.54, 1.807) is 36.3 Å². The van der Waals surface area contributed by atoms with Crippen LogP contribution >= 0.6 is 0 Å². The van der Waals surface area contributed by atoms with Gasteiger partial charge in [0, 0.05) is 38.9 Å². The predicted octanol–water partition coefficient (Wildman–Crippen LogP) is 0.558. The molecule has 0 aliphatic carbocycles. The molecule has 0 radical (unpaired) electrons. The highest BCUT2D eigenvalue weighted by atomic mass is 16.5. The molecule has 1 aromatic carbocycles. The van der Waals surface area contributed by atoms with Crippen LogP contribution in [0.2, 0.25) is 0 Å². The standard InChI is InChI=1S/C18H27N3O4/c1-19(2)7-8-20-9-10-21(14-17(20)22)18(23)15-5-4-6-16(13-15)25-12-11-24-3/h4-6,13H,7-12,14H2,1-3H3. The van der Waals surface area contributed by atoms with Crippen LogP contribution in [0.25, 0.3) is 0 Å². The number of amides is 2. The maximum Gasteiger partial charge on any atom is 0.254 e. The van der Waals surface area contributed by atoms with Gasteiger partial charge in [-0.05, 0) is 32.3 Å². The molecule has 0 spiro atoms. The van der Waals surface area contributed by atoms with E-state index in [0.717, 1.165) is 6.54 Å². The Balaban J connectivity index is 1.93.